The van der Waals surface area contributed by atoms with Crippen molar-refractivity contribution in [1.82, 2.24) is 4.90 Å². The predicted octanol–water partition coefficient (Wildman–Crippen LogP) is 5.02. The molecule has 0 aliphatic carbocycles. The Morgan fingerprint density at radius 1 is 0.941 bits per heavy atom. The molecule has 3 rings (SSSR count). The van der Waals surface area contributed by atoms with Crippen LogP contribution in [0.5, 0.6) is 0 Å². The summed E-state index contributed by atoms with van der Waals surface area (Å²) in [4.78, 5) is 28.4. The predicted molar refractivity (Wildman–Crippen MR) is 140 cm³/mol. The molecular formula is C29H41N3O2. The summed E-state index contributed by atoms with van der Waals surface area (Å²) in [7, 11) is 0. The van der Waals surface area contributed by atoms with Crippen LogP contribution in [0.3, 0.4) is 0 Å². The average molecular weight is 464 g/mol. The molecule has 5 heteroatoms. The lowest BCUT2D eigenvalue weighted by atomic mass is 9.98. The van der Waals surface area contributed by atoms with E-state index in [0.29, 0.717) is 24.8 Å². The van der Waals surface area contributed by atoms with Crippen LogP contribution >= 0.6 is 0 Å². The molecule has 1 aliphatic heterocycles. The molecule has 0 saturated carbocycles. The van der Waals surface area contributed by atoms with Gasteiger partial charge in [0.15, 0.2) is 0 Å². The Labute approximate surface area is 205 Å². The highest BCUT2D eigenvalue weighted by Gasteiger charge is 2.27. The number of benzene rings is 2. The lowest BCUT2D eigenvalue weighted by Crippen LogP contribution is -2.47. The van der Waals surface area contributed by atoms with Gasteiger partial charge in [-0.05, 0) is 61.3 Å². The van der Waals surface area contributed by atoms with Crippen molar-refractivity contribution < 1.29 is 9.59 Å². The molecule has 0 bridgehead atoms. The van der Waals surface area contributed by atoms with Gasteiger partial charge in [-0.25, -0.2) is 0 Å². The topological polar surface area (TPSA) is 66.6 Å². The number of anilines is 1. The van der Waals surface area contributed by atoms with Crippen LogP contribution in [-0.4, -0.2) is 42.4 Å². The molecule has 2 aromatic carbocycles. The second kappa shape index (κ2) is 12.6. The van der Waals surface area contributed by atoms with Crippen LogP contribution in [0.25, 0.3) is 0 Å². The molecule has 1 aliphatic rings. The van der Waals surface area contributed by atoms with Crippen LogP contribution in [0.2, 0.25) is 0 Å². The van der Waals surface area contributed by atoms with Gasteiger partial charge in [0, 0.05) is 43.7 Å². The first-order valence-corrected chi connectivity index (χ1v) is 12.8. The lowest BCUT2D eigenvalue weighted by molar-refractivity contribution is -0.132. The first-order chi connectivity index (χ1) is 16.3. The summed E-state index contributed by atoms with van der Waals surface area (Å²) in [5.74, 6) is 0.208. The SMILES string of the molecule is CC(C)CCN(c1ccc(Cc2ccccc2)cc1)C1CCN(C(=O)CCC(C)C(N)=O)CC1. The molecule has 184 valence electrons. The van der Waals surface area contributed by atoms with Gasteiger partial charge in [-0.2, -0.15) is 0 Å². The minimum atomic E-state index is -0.331. The number of hydrogen-bond acceptors (Lipinski definition) is 3. The van der Waals surface area contributed by atoms with Crippen molar-refractivity contribution in [2.75, 3.05) is 24.5 Å². The van der Waals surface area contributed by atoms with Crippen molar-refractivity contribution in [3.05, 3.63) is 65.7 Å². The molecule has 1 fully saturated rings. The Balaban J connectivity index is 1.60. The number of hydrogen-bond donors (Lipinski definition) is 1. The van der Waals surface area contributed by atoms with E-state index in [2.05, 4.69) is 73.3 Å². The number of rotatable bonds is 11. The zero-order valence-corrected chi connectivity index (χ0v) is 21.1. The molecule has 2 amide bonds. The molecule has 0 aromatic heterocycles. The monoisotopic (exact) mass is 463 g/mol. The number of carbonyl (C=O) groups excluding carboxylic acids is 2. The number of likely N-dealkylation sites (tertiary alicyclic amines) is 1. The molecule has 5 nitrogen and oxygen atoms in total. The normalized spacial score (nSPS) is 15.4. The minimum Gasteiger partial charge on any atom is -0.369 e. The maximum Gasteiger partial charge on any atom is 0.222 e. The first-order valence-electron chi connectivity index (χ1n) is 12.8. The van der Waals surface area contributed by atoms with Gasteiger partial charge in [-0.3, -0.25) is 9.59 Å². The molecule has 1 unspecified atom stereocenters. The molecule has 1 saturated heterocycles. The summed E-state index contributed by atoms with van der Waals surface area (Å²) in [6.07, 6.45) is 4.97. The number of primary amides is 1. The summed E-state index contributed by atoms with van der Waals surface area (Å²) in [5, 5.41) is 0. The van der Waals surface area contributed by atoms with Gasteiger partial charge in [0.25, 0.3) is 0 Å². The van der Waals surface area contributed by atoms with E-state index in [1.165, 1.54) is 16.8 Å². The van der Waals surface area contributed by atoms with Crippen LogP contribution < -0.4 is 10.6 Å². The zero-order chi connectivity index (χ0) is 24.5. The molecular weight excluding hydrogens is 422 g/mol. The van der Waals surface area contributed by atoms with E-state index in [4.69, 9.17) is 5.73 Å². The third-order valence-corrected chi connectivity index (χ3v) is 7.00. The minimum absolute atomic E-state index is 0.144. The zero-order valence-electron chi connectivity index (χ0n) is 21.1. The van der Waals surface area contributed by atoms with Gasteiger partial charge in [-0.15, -0.1) is 0 Å². The smallest absolute Gasteiger partial charge is 0.222 e. The first kappa shape index (κ1) is 25.8. The van der Waals surface area contributed by atoms with Crippen molar-refractivity contribution in [2.24, 2.45) is 17.6 Å². The van der Waals surface area contributed by atoms with Gasteiger partial charge in [0.05, 0.1) is 0 Å². The quantitative estimate of drug-likeness (QED) is 0.509. The highest BCUT2D eigenvalue weighted by Crippen LogP contribution is 2.26. The van der Waals surface area contributed by atoms with E-state index < -0.39 is 0 Å². The largest absolute Gasteiger partial charge is 0.369 e. The number of piperidine rings is 1. The van der Waals surface area contributed by atoms with Crippen molar-refractivity contribution in [3.8, 4) is 0 Å². The Kier molecular flexibility index (Phi) is 9.55. The van der Waals surface area contributed by atoms with E-state index in [0.717, 1.165) is 45.3 Å². The Morgan fingerprint density at radius 3 is 2.15 bits per heavy atom. The van der Waals surface area contributed by atoms with Crippen LogP contribution in [0.1, 0.15) is 64.0 Å². The van der Waals surface area contributed by atoms with Gasteiger partial charge < -0.3 is 15.5 Å². The highest BCUT2D eigenvalue weighted by atomic mass is 16.2. The Bertz CT molecular complexity index is 903. The van der Waals surface area contributed by atoms with Crippen molar-refractivity contribution >= 4 is 17.5 Å². The molecule has 0 radical (unpaired) electrons. The van der Waals surface area contributed by atoms with Crippen molar-refractivity contribution in [1.29, 1.82) is 0 Å². The van der Waals surface area contributed by atoms with E-state index in [9.17, 15) is 9.59 Å². The average Bonchev–Trinajstić information content (AvgIpc) is 2.84. The second-order valence-electron chi connectivity index (χ2n) is 10.2. The summed E-state index contributed by atoms with van der Waals surface area (Å²) < 4.78 is 0. The third kappa shape index (κ3) is 7.61. The number of nitrogens with two attached hydrogens (primary N) is 1. The van der Waals surface area contributed by atoms with Gasteiger partial charge in [0.1, 0.15) is 0 Å². The number of amides is 2. The fourth-order valence-corrected chi connectivity index (χ4v) is 4.62. The highest BCUT2D eigenvalue weighted by molar-refractivity contribution is 5.79. The van der Waals surface area contributed by atoms with Crippen LogP contribution in [0.15, 0.2) is 54.6 Å². The second-order valence-corrected chi connectivity index (χ2v) is 10.2. The standard InChI is InChI=1S/C29H41N3O2/c1-22(2)15-20-32(26-12-10-25(11-13-26)21-24-7-5-4-6-8-24)27-16-18-31(19-17-27)28(33)14-9-23(3)29(30)34/h4-8,10-13,22-23,27H,9,14-21H2,1-3H3,(H2,30,34). The van der Waals surface area contributed by atoms with Gasteiger partial charge >= 0.3 is 0 Å². The van der Waals surface area contributed by atoms with E-state index in [1.807, 2.05) is 4.90 Å². The summed E-state index contributed by atoms with van der Waals surface area (Å²) in [6, 6.07) is 20.1. The molecule has 0 spiro atoms. The van der Waals surface area contributed by atoms with E-state index >= 15 is 0 Å². The number of carbonyl (C=O) groups is 2. The molecule has 1 atom stereocenters. The lowest BCUT2D eigenvalue weighted by Gasteiger charge is -2.40. The molecule has 2 aromatic rings. The number of nitrogens with zero attached hydrogens (tertiary/aromatic N) is 2. The summed E-state index contributed by atoms with van der Waals surface area (Å²) >= 11 is 0. The molecule has 2 N–H and O–H groups in total. The molecule has 1 heterocycles. The Morgan fingerprint density at radius 2 is 1.56 bits per heavy atom. The van der Waals surface area contributed by atoms with Crippen molar-refractivity contribution in [3.63, 3.8) is 0 Å². The van der Waals surface area contributed by atoms with Crippen LogP contribution in [0, 0.1) is 11.8 Å². The van der Waals surface area contributed by atoms with E-state index in [1.54, 1.807) is 6.92 Å². The molecule has 34 heavy (non-hydrogen) atoms. The maximum absolute atomic E-state index is 12.6. The Hall–Kier alpha value is -2.82. The van der Waals surface area contributed by atoms with E-state index in [-0.39, 0.29) is 17.7 Å². The fraction of sp³-hybridized carbons (Fsp3) is 0.517. The van der Waals surface area contributed by atoms with Crippen LogP contribution in [-0.2, 0) is 16.0 Å². The summed E-state index contributed by atoms with van der Waals surface area (Å²) in [6.45, 7) is 8.92. The van der Waals surface area contributed by atoms with Crippen molar-refractivity contribution in [2.45, 2.75) is 65.3 Å². The van der Waals surface area contributed by atoms with Gasteiger partial charge in [-0.1, -0.05) is 63.2 Å². The fourth-order valence-electron chi connectivity index (χ4n) is 4.62. The summed E-state index contributed by atoms with van der Waals surface area (Å²) in [5.41, 5.74) is 9.26. The maximum atomic E-state index is 12.6. The van der Waals surface area contributed by atoms with Crippen LogP contribution in [0.4, 0.5) is 5.69 Å². The third-order valence-electron chi connectivity index (χ3n) is 7.00. The van der Waals surface area contributed by atoms with Gasteiger partial charge in [0.2, 0.25) is 11.8 Å².